The Bertz CT molecular complexity index is 1430. The van der Waals surface area contributed by atoms with E-state index in [0.717, 1.165) is 22.5 Å². The number of allylic oxidation sites excluding steroid dienone is 1. The molecule has 36 heavy (non-hydrogen) atoms. The lowest BCUT2D eigenvalue weighted by Crippen LogP contribution is -2.49. The van der Waals surface area contributed by atoms with Crippen molar-refractivity contribution < 1.29 is 31.1 Å². The van der Waals surface area contributed by atoms with Crippen LogP contribution in [0.1, 0.15) is 36.1 Å². The van der Waals surface area contributed by atoms with E-state index in [0.29, 0.717) is 22.8 Å². The van der Waals surface area contributed by atoms with Crippen LogP contribution in [-0.4, -0.2) is 25.7 Å². The lowest BCUT2D eigenvalue weighted by molar-refractivity contribution is -0.137. The minimum Gasteiger partial charge on any atom is -0.391 e. The van der Waals surface area contributed by atoms with Crippen molar-refractivity contribution in [2.24, 2.45) is 0 Å². The molecule has 0 unspecified atom stereocenters. The highest BCUT2D eigenvalue weighted by Crippen LogP contribution is 2.38. The summed E-state index contributed by atoms with van der Waals surface area (Å²) in [5.41, 5.74) is 0.867. The molecule has 2 atom stereocenters. The van der Waals surface area contributed by atoms with Crippen LogP contribution in [0.5, 0.6) is 0 Å². The summed E-state index contributed by atoms with van der Waals surface area (Å²) in [7, 11) is -4.48. The number of nitrogens with zero attached hydrogens (tertiary/aromatic N) is 1. The van der Waals surface area contributed by atoms with Gasteiger partial charge in [-0.1, -0.05) is 41.9 Å². The first kappa shape index (κ1) is 26.2. The molecule has 0 bridgehead atoms. The number of sulfonamides is 1. The average Bonchev–Trinajstić information content (AvgIpc) is 2.79. The third kappa shape index (κ3) is 4.87. The summed E-state index contributed by atoms with van der Waals surface area (Å²) in [5.74, 6) is -0.514. The maximum atomic E-state index is 14.4. The van der Waals surface area contributed by atoms with Gasteiger partial charge in [-0.2, -0.15) is 13.2 Å². The van der Waals surface area contributed by atoms with Gasteiger partial charge in [0.05, 0.1) is 33.3 Å². The van der Waals surface area contributed by atoms with Crippen molar-refractivity contribution in [1.82, 2.24) is 0 Å². The van der Waals surface area contributed by atoms with E-state index in [9.17, 15) is 31.1 Å². The molecule has 3 aromatic rings. The Labute approximate surface area is 211 Å². The van der Waals surface area contributed by atoms with Crippen molar-refractivity contribution in [1.29, 1.82) is 0 Å². The molecule has 4 nitrogen and oxygen atoms in total. The number of hydrogen-bond donors (Lipinski definition) is 1. The van der Waals surface area contributed by atoms with Crippen molar-refractivity contribution >= 4 is 39.0 Å². The summed E-state index contributed by atoms with van der Waals surface area (Å²) in [6.07, 6.45) is -4.00. The first-order valence-electron chi connectivity index (χ1n) is 11.0. The predicted octanol–water partition coefficient (Wildman–Crippen LogP) is 6.56. The second-order valence-electron chi connectivity index (χ2n) is 8.65. The molecule has 1 aliphatic heterocycles. The average molecular weight is 540 g/mol. The normalized spacial score (nSPS) is 18.8. The second-order valence-corrected chi connectivity index (χ2v) is 10.9. The number of anilines is 1. The van der Waals surface area contributed by atoms with Crippen LogP contribution in [-0.2, 0) is 22.6 Å². The third-order valence-corrected chi connectivity index (χ3v) is 8.37. The van der Waals surface area contributed by atoms with E-state index in [1.807, 2.05) is 0 Å². The van der Waals surface area contributed by atoms with Crippen molar-refractivity contribution in [2.75, 3.05) is 4.31 Å². The van der Waals surface area contributed by atoms with Crippen LogP contribution in [0.25, 0.3) is 11.6 Å². The molecule has 10 heteroatoms. The topological polar surface area (TPSA) is 57.6 Å². The van der Waals surface area contributed by atoms with Crippen molar-refractivity contribution in [2.45, 2.75) is 43.5 Å². The zero-order valence-corrected chi connectivity index (χ0v) is 20.8. The molecule has 0 amide bonds. The SMILES string of the molecule is CC(=Cc1ccc2c(c1)N(S(=O)(=O)c1cccc(C(F)(F)F)c1)[C@H](C)[C@H](O)C2)c1c(F)cccc1Cl. The summed E-state index contributed by atoms with van der Waals surface area (Å²) in [4.78, 5) is -0.542. The molecule has 0 aromatic heterocycles. The first-order chi connectivity index (χ1) is 16.8. The maximum Gasteiger partial charge on any atom is 0.416 e. The van der Waals surface area contributed by atoms with Gasteiger partial charge in [-0.05, 0) is 66.9 Å². The first-order valence-corrected chi connectivity index (χ1v) is 12.8. The van der Waals surface area contributed by atoms with Crippen molar-refractivity contribution in [3.63, 3.8) is 0 Å². The Kier molecular flexibility index (Phi) is 6.94. The van der Waals surface area contributed by atoms with Gasteiger partial charge >= 0.3 is 6.18 Å². The fourth-order valence-corrected chi connectivity index (χ4v) is 6.38. The fraction of sp³-hybridized carbons (Fsp3) is 0.231. The van der Waals surface area contributed by atoms with E-state index in [-0.39, 0.29) is 22.7 Å². The van der Waals surface area contributed by atoms with E-state index >= 15 is 0 Å². The molecule has 190 valence electrons. The van der Waals surface area contributed by atoms with E-state index in [2.05, 4.69) is 0 Å². The number of fused-ring (bicyclic) bond motifs is 1. The van der Waals surface area contributed by atoms with Gasteiger partial charge in [0.1, 0.15) is 5.82 Å². The molecule has 0 saturated heterocycles. The minimum absolute atomic E-state index is 0.160. The van der Waals surface area contributed by atoms with Gasteiger partial charge in [0.2, 0.25) is 0 Å². The van der Waals surface area contributed by atoms with Crippen LogP contribution < -0.4 is 4.31 Å². The predicted molar refractivity (Wildman–Crippen MR) is 132 cm³/mol. The van der Waals surface area contributed by atoms with Crippen LogP contribution in [0.3, 0.4) is 0 Å². The van der Waals surface area contributed by atoms with Crippen LogP contribution in [0, 0.1) is 5.82 Å². The molecule has 1 N–H and O–H groups in total. The van der Waals surface area contributed by atoms with Gasteiger partial charge in [-0.25, -0.2) is 12.8 Å². The number of aliphatic hydroxyl groups is 1. The van der Waals surface area contributed by atoms with Gasteiger partial charge in [0.25, 0.3) is 10.0 Å². The van der Waals surface area contributed by atoms with Crippen LogP contribution in [0.4, 0.5) is 23.2 Å². The molecular weight excluding hydrogens is 518 g/mol. The third-order valence-electron chi connectivity index (χ3n) is 6.16. The monoisotopic (exact) mass is 539 g/mol. The Morgan fingerprint density at radius 2 is 1.81 bits per heavy atom. The highest BCUT2D eigenvalue weighted by Gasteiger charge is 2.39. The Hall–Kier alpha value is -2.88. The van der Waals surface area contributed by atoms with Crippen LogP contribution in [0.15, 0.2) is 65.6 Å². The molecule has 0 saturated carbocycles. The number of aliphatic hydroxyl groups excluding tert-OH is 1. The smallest absolute Gasteiger partial charge is 0.391 e. The standard InChI is InChI=1S/C26H22ClF4NO3S/c1-15(25-21(27)7-4-8-22(25)28)11-17-9-10-18-13-24(33)16(2)32(23(18)12-17)36(34,35)20-6-3-5-19(14-20)26(29,30)31/h3-12,14,16,24,33H,13H2,1-2H3/t16-,24-/m1/s1. The largest absolute Gasteiger partial charge is 0.416 e. The number of benzene rings is 3. The van der Waals surface area contributed by atoms with Gasteiger partial charge in [-0.3, -0.25) is 4.31 Å². The minimum atomic E-state index is -4.72. The molecule has 4 rings (SSSR count). The molecule has 1 heterocycles. The van der Waals surface area contributed by atoms with E-state index in [1.54, 1.807) is 37.3 Å². The van der Waals surface area contributed by atoms with Crippen LogP contribution in [0.2, 0.25) is 5.02 Å². The second kappa shape index (κ2) is 9.53. The summed E-state index contributed by atoms with van der Waals surface area (Å²) < 4.78 is 82.3. The van der Waals surface area contributed by atoms with Gasteiger partial charge in [0.15, 0.2) is 0 Å². The molecule has 0 radical (unpaired) electrons. The molecule has 0 fully saturated rings. The zero-order valence-electron chi connectivity index (χ0n) is 19.2. The van der Waals surface area contributed by atoms with Gasteiger partial charge in [-0.15, -0.1) is 0 Å². The number of rotatable bonds is 4. The molecule has 3 aromatic carbocycles. The van der Waals surface area contributed by atoms with E-state index < -0.39 is 44.6 Å². The fourth-order valence-electron chi connectivity index (χ4n) is 4.31. The number of alkyl halides is 3. The lowest BCUT2D eigenvalue weighted by Gasteiger charge is -2.39. The quantitative estimate of drug-likeness (QED) is 0.302. The Morgan fingerprint density at radius 1 is 1.11 bits per heavy atom. The van der Waals surface area contributed by atoms with Gasteiger partial charge < -0.3 is 5.11 Å². The highest BCUT2D eigenvalue weighted by atomic mass is 35.5. The summed E-state index contributed by atoms with van der Waals surface area (Å²) >= 11 is 6.16. The lowest BCUT2D eigenvalue weighted by atomic mass is 9.94. The van der Waals surface area contributed by atoms with E-state index in [4.69, 9.17) is 11.6 Å². The Balaban J connectivity index is 1.83. The van der Waals surface area contributed by atoms with Gasteiger partial charge in [0, 0.05) is 12.0 Å². The summed E-state index contributed by atoms with van der Waals surface area (Å²) in [6, 6.07) is 11.7. The van der Waals surface area contributed by atoms with Crippen molar-refractivity contribution in [3.05, 3.63) is 93.8 Å². The Morgan fingerprint density at radius 3 is 2.47 bits per heavy atom. The van der Waals surface area contributed by atoms with Crippen molar-refractivity contribution in [3.8, 4) is 0 Å². The highest BCUT2D eigenvalue weighted by molar-refractivity contribution is 7.92. The summed E-state index contributed by atoms with van der Waals surface area (Å²) in [6.45, 7) is 3.15. The van der Waals surface area contributed by atoms with E-state index in [1.165, 1.54) is 19.1 Å². The zero-order chi connectivity index (χ0) is 26.4. The molecule has 0 spiro atoms. The molecule has 0 aliphatic carbocycles. The molecular formula is C26H22ClF4NO3S. The molecule has 1 aliphatic rings. The maximum absolute atomic E-state index is 14.4. The number of halogens is 5. The van der Waals surface area contributed by atoms with Crippen LogP contribution >= 0.6 is 11.6 Å². The number of hydrogen-bond acceptors (Lipinski definition) is 3. The summed E-state index contributed by atoms with van der Waals surface area (Å²) in [5, 5.41) is 10.8.